The van der Waals surface area contributed by atoms with Crippen LogP contribution in [0.4, 0.5) is 0 Å². The Hall–Kier alpha value is -1.72. The third kappa shape index (κ3) is 3.31. The number of carbonyl (C=O) groups is 1. The minimum Gasteiger partial charge on any atom is -0.340 e. The Morgan fingerprint density at radius 2 is 1.96 bits per heavy atom. The fraction of sp³-hybridized carbons (Fsp3) is 0.444. The Kier molecular flexibility index (Phi) is 4.14. The van der Waals surface area contributed by atoms with Crippen LogP contribution in [-0.4, -0.2) is 46.9 Å². The molecular weight excluding hydrogens is 306 g/mol. The van der Waals surface area contributed by atoms with Gasteiger partial charge >= 0.3 is 0 Å². The van der Waals surface area contributed by atoms with Crippen LogP contribution in [0.2, 0.25) is 0 Å². The molecule has 0 spiro atoms. The number of piperazine rings is 1. The zero-order chi connectivity index (χ0) is 15.6. The largest absolute Gasteiger partial charge is 0.340 e. The molecule has 2 aliphatic rings. The Bertz CT molecular complexity index is 650. The van der Waals surface area contributed by atoms with Gasteiger partial charge in [-0.2, -0.15) is 0 Å². The van der Waals surface area contributed by atoms with Crippen LogP contribution in [0.5, 0.6) is 0 Å². The van der Waals surface area contributed by atoms with Gasteiger partial charge < -0.3 is 4.90 Å². The highest BCUT2D eigenvalue weighted by Crippen LogP contribution is 2.48. The van der Waals surface area contributed by atoms with Crippen LogP contribution < -0.4 is 0 Å². The second kappa shape index (κ2) is 6.42. The van der Waals surface area contributed by atoms with Crippen LogP contribution in [-0.2, 0) is 11.3 Å². The highest BCUT2D eigenvalue weighted by atomic mass is 32.1. The zero-order valence-electron chi connectivity index (χ0n) is 13.1. The molecule has 4 nitrogen and oxygen atoms in total. The van der Waals surface area contributed by atoms with Crippen LogP contribution in [0.15, 0.2) is 41.2 Å². The second-order valence-corrected chi connectivity index (χ2v) is 7.16. The molecule has 23 heavy (non-hydrogen) atoms. The lowest BCUT2D eigenvalue weighted by Crippen LogP contribution is -2.48. The summed E-state index contributed by atoms with van der Waals surface area (Å²) in [5.74, 6) is 1.01. The number of nitrogens with zero attached hydrogens (tertiary/aromatic N) is 3. The minimum absolute atomic E-state index is 0.211. The lowest BCUT2D eigenvalue weighted by Gasteiger charge is -2.34. The van der Waals surface area contributed by atoms with Crippen molar-refractivity contribution in [1.82, 2.24) is 14.8 Å². The molecule has 0 radical (unpaired) electrons. The fourth-order valence-corrected chi connectivity index (χ4v) is 3.99. The number of hydrogen-bond acceptors (Lipinski definition) is 4. The van der Waals surface area contributed by atoms with Crippen molar-refractivity contribution in [3.8, 4) is 0 Å². The molecule has 1 aliphatic carbocycles. The van der Waals surface area contributed by atoms with E-state index in [1.807, 2.05) is 11.6 Å². The van der Waals surface area contributed by atoms with Gasteiger partial charge in [0.15, 0.2) is 0 Å². The Morgan fingerprint density at radius 3 is 2.65 bits per heavy atom. The van der Waals surface area contributed by atoms with E-state index >= 15 is 0 Å². The summed E-state index contributed by atoms with van der Waals surface area (Å²) >= 11 is 1.64. The molecule has 1 aliphatic heterocycles. The molecule has 2 fully saturated rings. The summed E-state index contributed by atoms with van der Waals surface area (Å²) in [6, 6.07) is 10.4. The molecule has 0 unspecified atom stereocenters. The summed E-state index contributed by atoms with van der Waals surface area (Å²) in [7, 11) is 0. The lowest BCUT2D eigenvalue weighted by molar-refractivity contribution is -0.134. The van der Waals surface area contributed by atoms with Gasteiger partial charge in [0.05, 0.1) is 11.2 Å². The monoisotopic (exact) mass is 327 g/mol. The molecule has 1 aromatic heterocycles. The van der Waals surface area contributed by atoms with E-state index in [4.69, 9.17) is 0 Å². The molecule has 1 saturated heterocycles. The van der Waals surface area contributed by atoms with E-state index in [1.54, 1.807) is 11.3 Å². The highest BCUT2D eigenvalue weighted by Gasteiger charge is 2.45. The molecule has 5 heteroatoms. The van der Waals surface area contributed by atoms with Crippen LogP contribution in [0.3, 0.4) is 0 Å². The zero-order valence-corrected chi connectivity index (χ0v) is 13.9. The summed E-state index contributed by atoms with van der Waals surface area (Å²) in [6.45, 7) is 4.50. The molecule has 0 bridgehead atoms. The summed E-state index contributed by atoms with van der Waals surface area (Å²) in [5, 5.41) is 2.10. The molecule has 0 N–H and O–H groups in total. The van der Waals surface area contributed by atoms with E-state index in [2.05, 4.69) is 44.4 Å². The molecule has 1 amide bonds. The maximum atomic E-state index is 12.7. The SMILES string of the molecule is O=C([C@@H]1C[C@H]1c1ccccc1)N1CCN(Cc2cscn2)CC1. The number of amides is 1. The molecule has 2 aromatic rings. The van der Waals surface area contributed by atoms with Crippen molar-refractivity contribution in [2.75, 3.05) is 26.2 Å². The average molecular weight is 327 g/mol. The highest BCUT2D eigenvalue weighted by molar-refractivity contribution is 7.07. The quantitative estimate of drug-likeness (QED) is 0.866. The Labute approximate surface area is 140 Å². The van der Waals surface area contributed by atoms with Gasteiger partial charge in [-0.25, -0.2) is 4.98 Å². The summed E-state index contributed by atoms with van der Waals surface area (Å²) < 4.78 is 0. The van der Waals surface area contributed by atoms with Gasteiger partial charge in [0.25, 0.3) is 0 Å². The minimum atomic E-state index is 0.211. The van der Waals surface area contributed by atoms with Crippen molar-refractivity contribution in [2.45, 2.75) is 18.9 Å². The smallest absolute Gasteiger partial charge is 0.226 e. The first-order valence-electron chi connectivity index (χ1n) is 8.24. The van der Waals surface area contributed by atoms with Crippen molar-refractivity contribution in [3.05, 3.63) is 52.5 Å². The van der Waals surface area contributed by atoms with E-state index in [1.165, 1.54) is 5.56 Å². The molecule has 2 atom stereocenters. The van der Waals surface area contributed by atoms with Gasteiger partial charge in [0, 0.05) is 44.0 Å². The van der Waals surface area contributed by atoms with Crippen LogP contribution in [0.25, 0.3) is 0 Å². The molecule has 1 aromatic carbocycles. The normalized spacial score (nSPS) is 24.6. The predicted molar refractivity (Wildman–Crippen MR) is 91.3 cm³/mol. The standard InChI is InChI=1S/C18H21N3OS/c22-18(17-10-16(17)14-4-2-1-3-5-14)21-8-6-20(7-9-21)11-15-12-23-13-19-15/h1-5,12-13,16-17H,6-11H2/t16-,17+/m0/s1. The fourth-order valence-electron chi connectivity index (χ4n) is 3.44. The maximum Gasteiger partial charge on any atom is 0.226 e. The van der Waals surface area contributed by atoms with Crippen molar-refractivity contribution in [3.63, 3.8) is 0 Å². The average Bonchev–Trinajstić information content (AvgIpc) is 3.25. The van der Waals surface area contributed by atoms with E-state index < -0.39 is 0 Å². The first-order valence-corrected chi connectivity index (χ1v) is 9.18. The van der Waals surface area contributed by atoms with Crippen LogP contribution in [0, 0.1) is 5.92 Å². The number of thiazole rings is 1. The van der Waals surface area contributed by atoms with Gasteiger partial charge in [-0.05, 0) is 17.9 Å². The van der Waals surface area contributed by atoms with E-state index in [9.17, 15) is 4.79 Å². The Morgan fingerprint density at radius 1 is 1.17 bits per heavy atom. The van der Waals surface area contributed by atoms with Crippen molar-refractivity contribution in [1.29, 1.82) is 0 Å². The molecular formula is C18H21N3OS. The van der Waals surface area contributed by atoms with Crippen LogP contribution >= 0.6 is 11.3 Å². The van der Waals surface area contributed by atoms with Gasteiger partial charge in [-0.15, -0.1) is 11.3 Å². The first-order chi connectivity index (χ1) is 11.3. The predicted octanol–water partition coefficient (Wildman–Crippen LogP) is 2.59. The van der Waals surface area contributed by atoms with Crippen LogP contribution in [0.1, 0.15) is 23.6 Å². The third-order valence-electron chi connectivity index (χ3n) is 4.89. The number of carbonyl (C=O) groups excluding carboxylic acids is 1. The van der Waals surface area contributed by atoms with Gasteiger partial charge in [0.2, 0.25) is 5.91 Å². The third-order valence-corrected chi connectivity index (χ3v) is 5.52. The van der Waals surface area contributed by atoms with Gasteiger partial charge in [-0.3, -0.25) is 9.69 Å². The van der Waals surface area contributed by atoms with Gasteiger partial charge in [-0.1, -0.05) is 30.3 Å². The van der Waals surface area contributed by atoms with Crippen molar-refractivity contribution in [2.24, 2.45) is 5.92 Å². The van der Waals surface area contributed by atoms with Gasteiger partial charge in [0.1, 0.15) is 0 Å². The Balaban J connectivity index is 1.28. The number of benzene rings is 1. The molecule has 120 valence electrons. The van der Waals surface area contributed by atoms with E-state index in [0.29, 0.717) is 11.8 Å². The van der Waals surface area contributed by atoms with E-state index in [0.717, 1.165) is 44.8 Å². The first kappa shape index (κ1) is 14.8. The number of hydrogen-bond donors (Lipinski definition) is 0. The summed E-state index contributed by atoms with van der Waals surface area (Å²) in [5.41, 5.74) is 4.33. The summed E-state index contributed by atoms with van der Waals surface area (Å²) in [6.07, 6.45) is 1.02. The van der Waals surface area contributed by atoms with Crippen molar-refractivity contribution < 1.29 is 4.79 Å². The molecule has 2 heterocycles. The topological polar surface area (TPSA) is 36.4 Å². The summed E-state index contributed by atoms with van der Waals surface area (Å²) in [4.78, 5) is 21.5. The van der Waals surface area contributed by atoms with E-state index in [-0.39, 0.29) is 5.92 Å². The second-order valence-electron chi connectivity index (χ2n) is 6.44. The lowest BCUT2D eigenvalue weighted by atomic mass is 10.1. The maximum absolute atomic E-state index is 12.7. The molecule has 1 saturated carbocycles. The van der Waals surface area contributed by atoms with Crippen molar-refractivity contribution >= 4 is 17.2 Å². The molecule has 4 rings (SSSR count). The number of aromatic nitrogens is 1. The number of rotatable bonds is 4.